The highest BCUT2D eigenvalue weighted by atomic mass is 32.2. The minimum absolute atomic E-state index is 0.0177. The Labute approximate surface area is 144 Å². The van der Waals surface area contributed by atoms with Crippen molar-refractivity contribution in [3.05, 3.63) is 29.8 Å². The molecule has 0 spiro atoms. The summed E-state index contributed by atoms with van der Waals surface area (Å²) < 4.78 is 30.4. The number of hydrogen-bond donors (Lipinski definition) is 0. The topological polar surface area (TPSA) is 66.9 Å². The molecule has 1 aliphatic rings. The second-order valence-corrected chi connectivity index (χ2v) is 8.36. The number of rotatable bonds is 6. The van der Waals surface area contributed by atoms with Crippen LogP contribution in [-0.4, -0.2) is 63.1 Å². The van der Waals surface area contributed by atoms with Gasteiger partial charge in [0.25, 0.3) is 0 Å². The fourth-order valence-electron chi connectivity index (χ4n) is 2.80. The van der Waals surface area contributed by atoms with Crippen molar-refractivity contribution < 1.29 is 17.9 Å². The summed E-state index contributed by atoms with van der Waals surface area (Å²) in [5.41, 5.74) is 1.17. The molecule has 0 radical (unpaired) electrons. The third-order valence-corrected chi connectivity index (χ3v) is 5.56. The van der Waals surface area contributed by atoms with Crippen molar-refractivity contribution in [2.24, 2.45) is 5.92 Å². The highest BCUT2D eigenvalue weighted by molar-refractivity contribution is 7.88. The Morgan fingerprint density at radius 2 is 2.00 bits per heavy atom. The van der Waals surface area contributed by atoms with E-state index in [1.807, 2.05) is 31.2 Å². The van der Waals surface area contributed by atoms with Gasteiger partial charge in [-0.1, -0.05) is 17.7 Å². The van der Waals surface area contributed by atoms with Gasteiger partial charge in [0.05, 0.1) is 18.7 Å². The van der Waals surface area contributed by atoms with E-state index in [0.29, 0.717) is 19.7 Å². The van der Waals surface area contributed by atoms with E-state index < -0.39 is 10.0 Å². The summed E-state index contributed by atoms with van der Waals surface area (Å²) in [6.45, 7) is 3.68. The zero-order valence-corrected chi connectivity index (χ0v) is 15.4. The lowest BCUT2D eigenvalue weighted by molar-refractivity contribution is -0.135. The van der Waals surface area contributed by atoms with Gasteiger partial charge in [-0.15, -0.1) is 0 Å². The Kier molecular flexibility index (Phi) is 6.23. The van der Waals surface area contributed by atoms with Crippen molar-refractivity contribution in [3.8, 4) is 5.75 Å². The number of hydrogen-bond acceptors (Lipinski definition) is 4. The van der Waals surface area contributed by atoms with Crippen molar-refractivity contribution >= 4 is 15.9 Å². The maximum atomic E-state index is 12.5. The molecular formula is C17H26N2O4S. The number of benzene rings is 1. The van der Waals surface area contributed by atoms with Gasteiger partial charge in [-0.3, -0.25) is 4.79 Å². The molecule has 1 amide bonds. The van der Waals surface area contributed by atoms with E-state index in [0.717, 1.165) is 18.6 Å². The molecule has 0 aliphatic carbocycles. The number of carbonyl (C=O) groups is 1. The lowest BCUT2D eigenvalue weighted by atomic mass is 9.98. The van der Waals surface area contributed by atoms with Crippen LogP contribution in [0.1, 0.15) is 18.4 Å². The Bertz CT molecular complexity index is 658. The van der Waals surface area contributed by atoms with E-state index in [1.165, 1.54) is 16.1 Å². The van der Waals surface area contributed by atoms with Crippen molar-refractivity contribution in [2.45, 2.75) is 19.8 Å². The maximum Gasteiger partial charge on any atom is 0.226 e. The van der Waals surface area contributed by atoms with E-state index in [9.17, 15) is 13.2 Å². The van der Waals surface area contributed by atoms with E-state index >= 15 is 0 Å². The predicted octanol–water partition coefficient (Wildman–Crippen LogP) is 1.50. The molecule has 1 fully saturated rings. The van der Waals surface area contributed by atoms with Gasteiger partial charge in [-0.25, -0.2) is 12.7 Å². The SMILES string of the molecule is Cc1ccc(OCCN(C)C(=O)C2CCCN(S(C)(=O)=O)C2)cc1. The summed E-state index contributed by atoms with van der Waals surface area (Å²) in [6.07, 6.45) is 2.64. The Hall–Kier alpha value is -1.60. The van der Waals surface area contributed by atoms with Crippen LogP contribution >= 0.6 is 0 Å². The van der Waals surface area contributed by atoms with Crippen LogP contribution in [0.2, 0.25) is 0 Å². The normalized spacial score (nSPS) is 19.0. The maximum absolute atomic E-state index is 12.5. The molecule has 1 aromatic carbocycles. The average Bonchev–Trinajstić information content (AvgIpc) is 2.55. The second kappa shape index (κ2) is 7.98. The van der Waals surface area contributed by atoms with Crippen LogP contribution in [0.15, 0.2) is 24.3 Å². The summed E-state index contributed by atoms with van der Waals surface area (Å²) in [7, 11) is -1.50. The molecule has 24 heavy (non-hydrogen) atoms. The number of ether oxygens (including phenoxy) is 1. The first-order chi connectivity index (χ1) is 11.3. The Balaban J connectivity index is 1.82. The Morgan fingerprint density at radius 3 is 2.62 bits per heavy atom. The summed E-state index contributed by atoms with van der Waals surface area (Å²) >= 11 is 0. The molecule has 0 bridgehead atoms. The number of aryl methyl sites for hydroxylation is 1. The molecule has 1 heterocycles. The van der Waals surface area contributed by atoms with Crippen LogP contribution in [0.5, 0.6) is 5.75 Å². The third-order valence-electron chi connectivity index (χ3n) is 4.30. The second-order valence-electron chi connectivity index (χ2n) is 6.38. The Morgan fingerprint density at radius 1 is 1.33 bits per heavy atom. The first-order valence-corrected chi connectivity index (χ1v) is 10.0. The van der Waals surface area contributed by atoms with Crippen molar-refractivity contribution in [3.63, 3.8) is 0 Å². The molecule has 1 unspecified atom stereocenters. The van der Waals surface area contributed by atoms with Crippen LogP contribution in [-0.2, 0) is 14.8 Å². The molecule has 1 aromatic rings. The van der Waals surface area contributed by atoms with Gasteiger partial charge in [0.15, 0.2) is 0 Å². The third kappa shape index (κ3) is 5.21. The van der Waals surface area contributed by atoms with E-state index in [4.69, 9.17) is 4.74 Å². The molecule has 1 atom stereocenters. The highest BCUT2D eigenvalue weighted by Crippen LogP contribution is 2.20. The van der Waals surface area contributed by atoms with E-state index in [-0.39, 0.29) is 18.4 Å². The van der Waals surface area contributed by atoms with Gasteiger partial charge in [-0.2, -0.15) is 0 Å². The first-order valence-electron chi connectivity index (χ1n) is 8.17. The van der Waals surface area contributed by atoms with Crippen LogP contribution < -0.4 is 4.74 Å². The average molecular weight is 354 g/mol. The number of likely N-dealkylation sites (N-methyl/N-ethyl adjacent to an activating group) is 1. The van der Waals surface area contributed by atoms with Gasteiger partial charge < -0.3 is 9.64 Å². The van der Waals surface area contributed by atoms with Gasteiger partial charge >= 0.3 is 0 Å². The molecule has 1 aliphatic heterocycles. The minimum Gasteiger partial charge on any atom is -0.492 e. The quantitative estimate of drug-likeness (QED) is 0.776. The molecule has 0 N–H and O–H groups in total. The number of nitrogens with zero attached hydrogens (tertiary/aromatic N) is 2. The minimum atomic E-state index is -3.24. The van der Waals surface area contributed by atoms with Crippen molar-refractivity contribution in [1.29, 1.82) is 0 Å². The van der Waals surface area contributed by atoms with Crippen LogP contribution in [0.3, 0.4) is 0 Å². The largest absolute Gasteiger partial charge is 0.492 e. The summed E-state index contributed by atoms with van der Waals surface area (Å²) in [5, 5.41) is 0. The van der Waals surface area contributed by atoms with E-state index in [1.54, 1.807) is 11.9 Å². The van der Waals surface area contributed by atoms with Crippen LogP contribution in [0.4, 0.5) is 0 Å². The number of sulfonamides is 1. The zero-order chi connectivity index (χ0) is 17.7. The molecule has 134 valence electrons. The van der Waals surface area contributed by atoms with Gasteiger partial charge in [0.1, 0.15) is 12.4 Å². The summed E-state index contributed by atoms with van der Waals surface area (Å²) in [5.74, 6) is 0.496. The summed E-state index contributed by atoms with van der Waals surface area (Å²) in [6, 6.07) is 7.77. The first kappa shape index (κ1) is 18.7. The summed E-state index contributed by atoms with van der Waals surface area (Å²) in [4.78, 5) is 14.1. The monoisotopic (exact) mass is 354 g/mol. The molecule has 2 rings (SSSR count). The molecule has 1 saturated heterocycles. The highest BCUT2D eigenvalue weighted by Gasteiger charge is 2.31. The van der Waals surface area contributed by atoms with Gasteiger partial charge in [-0.05, 0) is 31.9 Å². The lowest BCUT2D eigenvalue weighted by Crippen LogP contribution is -2.46. The number of piperidine rings is 1. The lowest BCUT2D eigenvalue weighted by Gasteiger charge is -2.32. The van der Waals surface area contributed by atoms with Gasteiger partial charge in [0.2, 0.25) is 15.9 Å². The predicted molar refractivity (Wildman–Crippen MR) is 93.5 cm³/mol. The smallest absolute Gasteiger partial charge is 0.226 e. The van der Waals surface area contributed by atoms with Crippen molar-refractivity contribution in [1.82, 2.24) is 9.21 Å². The number of amides is 1. The molecule has 7 heteroatoms. The molecule has 0 aromatic heterocycles. The number of carbonyl (C=O) groups excluding carboxylic acids is 1. The van der Waals surface area contributed by atoms with Gasteiger partial charge in [0, 0.05) is 20.1 Å². The molecule has 6 nitrogen and oxygen atoms in total. The van der Waals surface area contributed by atoms with E-state index in [2.05, 4.69) is 0 Å². The molecular weight excluding hydrogens is 328 g/mol. The van der Waals surface area contributed by atoms with Crippen molar-refractivity contribution in [2.75, 3.05) is 39.5 Å². The zero-order valence-electron chi connectivity index (χ0n) is 14.6. The molecule has 0 saturated carbocycles. The van der Waals surface area contributed by atoms with Crippen LogP contribution in [0.25, 0.3) is 0 Å². The van der Waals surface area contributed by atoms with Crippen LogP contribution in [0, 0.1) is 12.8 Å². The standard InChI is InChI=1S/C17H26N2O4S/c1-14-6-8-16(9-7-14)23-12-11-18(2)17(20)15-5-4-10-19(13-15)24(3,21)22/h6-9,15H,4-5,10-13H2,1-3H3. The fourth-order valence-corrected chi connectivity index (χ4v) is 3.71. The fraction of sp³-hybridized carbons (Fsp3) is 0.588.